The van der Waals surface area contributed by atoms with Crippen molar-refractivity contribution in [1.82, 2.24) is 14.7 Å². The normalized spacial score (nSPS) is 13.8. The number of benzene rings is 1. The molecule has 0 aliphatic carbocycles. The van der Waals surface area contributed by atoms with Crippen molar-refractivity contribution in [2.75, 3.05) is 47.4 Å². The van der Waals surface area contributed by atoms with Crippen molar-refractivity contribution in [3.63, 3.8) is 0 Å². The maximum atomic E-state index is 12.5. The third-order valence-electron chi connectivity index (χ3n) is 5.31. The molecule has 0 spiro atoms. The van der Waals surface area contributed by atoms with Crippen molar-refractivity contribution >= 4 is 17.7 Å². The summed E-state index contributed by atoms with van der Waals surface area (Å²) in [5, 5.41) is 0. The van der Waals surface area contributed by atoms with Gasteiger partial charge < -0.3 is 24.2 Å². The molecule has 1 aliphatic heterocycles. The Morgan fingerprint density at radius 1 is 0.966 bits per heavy atom. The van der Waals surface area contributed by atoms with Crippen molar-refractivity contribution in [2.45, 2.75) is 33.2 Å². The fourth-order valence-corrected chi connectivity index (χ4v) is 3.37. The minimum atomic E-state index is -0.0880. The number of amides is 3. The fourth-order valence-electron chi connectivity index (χ4n) is 3.37. The second-order valence-electron chi connectivity index (χ2n) is 7.27. The predicted octanol–water partition coefficient (Wildman–Crippen LogP) is 1.44. The zero-order chi connectivity index (χ0) is 21.6. The third-order valence-corrected chi connectivity index (χ3v) is 5.31. The predicted molar refractivity (Wildman–Crippen MR) is 109 cm³/mol. The lowest BCUT2D eigenvalue weighted by Gasteiger charge is -2.34. The molecule has 0 N–H and O–H groups in total. The molecular formula is C21H31N3O5. The van der Waals surface area contributed by atoms with Crippen LogP contribution in [-0.2, 0) is 20.9 Å². The topological polar surface area (TPSA) is 79.4 Å². The molecule has 0 saturated carbocycles. The van der Waals surface area contributed by atoms with Crippen LogP contribution in [0.3, 0.4) is 0 Å². The van der Waals surface area contributed by atoms with Gasteiger partial charge in [0, 0.05) is 59.5 Å². The van der Waals surface area contributed by atoms with Gasteiger partial charge in [0.05, 0.1) is 14.2 Å². The molecule has 1 aromatic rings. The summed E-state index contributed by atoms with van der Waals surface area (Å²) in [6.07, 6.45) is 0.336. The van der Waals surface area contributed by atoms with Gasteiger partial charge in [-0.05, 0) is 30.2 Å². The molecule has 0 unspecified atom stereocenters. The van der Waals surface area contributed by atoms with Crippen LogP contribution < -0.4 is 9.47 Å². The number of piperazine rings is 1. The van der Waals surface area contributed by atoms with Crippen LogP contribution in [0.15, 0.2) is 12.1 Å². The van der Waals surface area contributed by atoms with Crippen molar-refractivity contribution in [2.24, 2.45) is 0 Å². The summed E-state index contributed by atoms with van der Waals surface area (Å²) < 4.78 is 10.6. The maximum absolute atomic E-state index is 12.5. The van der Waals surface area contributed by atoms with E-state index in [1.807, 2.05) is 19.1 Å². The van der Waals surface area contributed by atoms with E-state index in [0.29, 0.717) is 44.2 Å². The molecule has 1 fully saturated rings. The summed E-state index contributed by atoms with van der Waals surface area (Å²) in [6, 6.07) is 3.76. The van der Waals surface area contributed by atoms with Crippen molar-refractivity contribution in [3.8, 4) is 11.5 Å². The third kappa shape index (κ3) is 5.85. The Kier molecular flexibility index (Phi) is 7.87. The van der Waals surface area contributed by atoms with Crippen LogP contribution >= 0.6 is 0 Å². The summed E-state index contributed by atoms with van der Waals surface area (Å²) in [5.74, 6) is 1.17. The number of nitrogens with zero attached hydrogens (tertiary/aromatic N) is 3. The lowest BCUT2D eigenvalue weighted by molar-refractivity contribution is -0.140. The molecule has 0 radical (unpaired) electrons. The van der Waals surface area contributed by atoms with Gasteiger partial charge in [-0.25, -0.2) is 0 Å². The Balaban J connectivity index is 1.86. The van der Waals surface area contributed by atoms with E-state index in [1.54, 1.807) is 36.0 Å². The lowest BCUT2D eigenvalue weighted by atomic mass is 10.1. The molecule has 0 bridgehead atoms. The van der Waals surface area contributed by atoms with Gasteiger partial charge in [0.1, 0.15) is 0 Å². The van der Waals surface area contributed by atoms with Crippen LogP contribution in [0.4, 0.5) is 0 Å². The minimum Gasteiger partial charge on any atom is -0.493 e. The summed E-state index contributed by atoms with van der Waals surface area (Å²) in [5.41, 5.74) is 1.96. The number of rotatable bonds is 7. The Morgan fingerprint density at radius 3 is 2.07 bits per heavy atom. The molecule has 8 nitrogen and oxygen atoms in total. The summed E-state index contributed by atoms with van der Waals surface area (Å²) in [7, 11) is 4.89. The van der Waals surface area contributed by atoms with Crippen LogP contribution in [0.25, 0.3) is 0 Å². The first kappa shape index (κ1) is 22.5. The van der Waals surface area contributed by atoms with Crippen molar-refractivity contribution < 1.29 is 23.9 Å². The average Bonchev–Trinajstić information content (AvgIpc) is 2.72. The van der Waals surface area contributed by atoms with Crippen LogP contribution in [-0.4, -0.2) is 79.9 Å². The Morgan fingerprint density at radius 2 is 1.52 bits per heavy atom. The molecule has 1 saturated heterocycles. The number of hydrogen-bond acceptors (Lipinski definition) is 5. The van der Waals surface area contributed by atoms with Gasteiger partial charge in [0.15, 0.2) is 11.5 Å². The molecule has 160 valence electrons. The molecule has 1 heterocycles. The average molecular weight is 405 g/mol. The first-order chi connectivity index (χ1) is 13.8. The van der Waals surface area contributed by atoms with Crippen LogP contribution in [0, 0.1) is 6.92 Å². The minimum absolute atomic E-state index is 0.0272. The van der Waals surface area contributed by atoms with Crippen molar-refractivity contribution in [3.05, 3.63) is 23.3 Å². The number of carbonyl (C=O) groups is 3. The number of aryl methyl sites for hydroxylation is 1. The van der Waals surface area contributed by atoms with E-state index in [4.69, 9.17) is 9.47 Å². The highest BCUT2D eigenvalue weighted by atomic mass is 16.5. The first-order valence-electron chi connectivity index (χ1n) is 9.75. The molecule has 0 aromatic heterocycles. The highest BCUT2D eigenvalue weighted by Crippen LogP contribution is 2.30. The molecule has 8 heteroatoms. The van der Waals surface area contributed by atoms with Crippen LogP contribution in [0.2, 0.25) is 0 Å². The Labute approximate surface area is 172 Å². The summed E-state index contributed by atoms with van der Waals surface area (Å²) in [6.45, 7) is 6.06. The molecule has 3 amide bonds. The highest BCUT2D eigenvalue weighted by Gasteiger charge is 2.23. The number of carbonyl (C=O) groups excluding carboxylic acids is 3. The number of ether oxygens (including phenoxy) is 2. The maximum Gasteiger partial charge on any atom is 0.223 e. The number of methoxy groups -OCH3 is 2. The van der Waals surface area contributed by atoms with Gasteiger partial charge in [-0.3, -0.25) is 14.4 Å². The second kappa shape index (κ2) is 10.1. The van der Waals surface area contributed by atoms with Gasteiger partial charge >= 0.3 is 0 Å². The van der Waals surface area contributed by atoms with E-state index in [-0.39, 0.29) is 30.6 Å². The van der Waals surface area contributed by atoms with Crippen molar-refractivity contribution in [1.29, 1.82) is 0 Å². The molecule has 1 aromatic carbocycles. The van der Waals surface area contributed by atoms with Gasteiger partial charge in [-0.1, -0.05) is 0 Å². The molecule has 1 aliphatic rings. The van der Waals surface area contributed by atoms with Crippen LogP contribution in [0.5, 0.6) is 11.5 Å². The zero-order valence-electron chi connectivity index (χ0n) is 18.0. The van der Waals surface area contributed by atoms with Gasteiger partial charge in [0.25, 0.3) is 0 Å². The number of hydrogen-bond donors (Lipinski definition) is 0. The summed E-state index contributed by atoms with van der Waals surface area (Å²) >= 11 is 0. The van der Waals surface area contributed by atoms with E-state index in [0.717, 1.165) is 11.1 Å². The Hall–Kier alpha value is -2.77. The van der Waals surface area contributed by atoms with E-state index in [2.05, 4.69) is 0 Å². The van der Waals surface area contributed by atoms with Gasteiger partial charge in [0.2, 0.25) is 17.7 Å². The first-order valence-corrected chi connectivity index (χ1v) is 9.75. The Bertz CT molecular complexity index is 757. The monoisotopic (exact) mass is 405 g/mol. The SMILES string of the molecule is COc1cc(C)c(CN(C)C(=O)CCC(=O)N2CCN(C(C)=O)CC2)cc1OC. The molecule has 0 atom stereocenters. The quantitative estimate of drug-likeness (QED) is 0.686. The lowest BCUT2D eigenvalue weighted by Crippen LogP contribution is -2.50. The molecular weight excluding hydrogens is 374 g/mol. The van der Waals surface area contributed by atoms with E-state index in [1.165, 1.54) is 6.92 Å². The standard InChI is InChI=1S/C21H31N3O5/c1-15-12-18(28-4)19(29-5)13-17(15)14-22(3)20(26)6-7-21(27)24-10-8-23(9-11-24)16(2)25/h12-13H,6-11,14H2,1-5H3. The van der Waals surface area contributed by atoms with E-state index in [9.17, 15) is 14.4 Å². The van der Waals surface area contributed by atoms with E-state index >= 15 is 0 Å². The van der Waals surface area contributed by atoms with E-state index < -0.39 is 0 Å². The van der Waals surface area contributed by atoms with Gasteiger partial charge in [-0.2, -0.15) is 0 Å². The highest BCUT2D eigenvalue weighted by molar-refractivity contribution is 5.84. The molecule has 2 rings (SSSR count). The summed E-state index contributed by atoms with van der Waals surface area (Å²) in [4.78, 5) is 41.4. The fraction of sp³-hybridized carbons (Fsp3) is 0.571. The van der Waals surface area contributed by atoms with Gasteiger partial charge in [-0.15, -0.1) is 0 Å². The van der Waals surface area contributed by atoms with Crippen LogP contribution in [0.1, 0.15) is 30.9 Å². The second-order valence-corrected chi connectivity index (χ2v) is 7.27. The largest absolute Gasteiger partial charge is 0.493 e. The molecule has 29 heavy (non-hydrogen) atoms. The zero-order valence-corrected chi connectivity index (χ0v) is 18.0. The smallest absolute Gasteiger partial charge is 0.223 e.